The Balaban J connectivity index is 1.92. The van der Waals surface area contributed by atoms with Crippen LogP contribution in [0.1, 0.15) is 25.5 Å². The number of amides is 3. The van der Waals surface area contributed by atoms with E-state index in [0.29, 0.717) is 30.2 Å². The summed E-state index contributed by atoms with van der Waals surface area (Å²) in [5, 5.41) is 2.96. The van der Waals surface area contributed by atoms with E-state index in [-0.39, 0.29) is 11.9 Å². The first kappa shape index (κ1) is 21.0. The van der Waals surface area contributed by atoms with Crippen molar-refractivity contribution in [2.75, 3.05) is 54.0 Å². The van der Waals surface area contributed by atoms with Crippen LogP contribution in [0.25, 0.3) is 0 Å². The van der Waals surface area contributed by atoms with Gasteiger partial charge >= 0.3 is 6.03 Å². The van der Waals surface area contributed by atoms with E-state index >= 15 is 0 Å². The van der Waals surface area contributed by atoms with Gasteiger partial charge in [0.25, 0.3) is 5.91 Å². The first-order chi connectivity index (χ1) is 13.9. The molecule has 0 saturated heterocycles. The van der Waals surface area contributed by atoms with Crippen molar-refractivity contribution in [1.29, 1.82) is 0 Å². The second-order valence-electron chi connectivity index (χ2n) is 7.38. The van der Waals surface area contributed by atoms with E-state index in [4.69, 9.17) is 9.47 Å². The molecule has 3 amide bonds. The summed E-state index contributed by atoms with van der Waals surface area (Å²) in [6.45, 7) is 8.36. The first-order valence-electron chi connectivity index (χ1n) is 10.1. The van der Waals surface area contributed by atoms with Gasteiger partial charge in [0.1, 0.15) is 11.5 Å². The third-order valence-corrected chi connectivity index (χ3v) is 5.88. The van der Waals surface area contributed by atoms with Crippen molar-refractivity contribution in [3.8, 4) is 11.5 Å². The minimum Gasteiger partial charge on any atom is -0.497 e. The lowest BCUT2D eigenvalue weighted by Crippen LogP contribution is -3.12. The lowest BCUT2D eigenvalue weighted by atomic mass is 9.95. The summed E-state index contributed by atoms with van der Waals surface area (Å²) in [6, 6.07) is 4.68. The van der Waals surface area contributed by atoms with Gasteiger partial charge in [-0.05, 0) is 31.5 Å². The summed E-state index contributed by atoms with van der Waals surface area (Å²) < 4.78 is 10.7. The molecule has 1 aromatic carbocycles. The van der Waals surface area contributed by atoms with Crippen LogP contribution >= 0.6 is 0 Å². The van der Waals surface area contributed by atoms with Crippen molar-refractivity contribution in [2.24, 2.45) is 0 Å². The molecule has 0 aromatic heterocycles. The van der Waals surface area contributed by atoms with Crippen LogP contribution in [0.15, 0.2) is 29.5 Å². The molecule has 158 valence electrons. The fraction of sp³-hybridized carbons (Fsp3) is 0.524. The standard InChI is InChI=1S/C21H30N4O4/c1-6-24(7-2)8-9-25-13-17-18(20(25)26)19(22-21(27)23(17)3)14-10-15(28-4)12-16(11-14)29-5/h10-12,19H,6-9,13H2,1-5H3,(H,22,27)/p+1/t19-/m0/s1. The number of hydrogen-bond acceptors (Lipinski definition) is 4. The summed E-state index contributed by atoms with van der Waals surface area (Å²) in [4.78, 5) is 30.7. The predicted octanol–water partition coefficient (Wildman–Crippen LogP) is 0.421. The van der Waals surface area contributed by atoms with Gasteiger partial charge in [0.2, 0.25) is 0 Å². The number of quaternary nitrogens is 1. The Labute approximate surface area is 172 Å². The summed E-state index contributed by atoms with van der Waals surface area (Å²) in [5.74, 6) is 1.20. The Morgan fingerprint density at radius 2 is 1.72 bits per heavy atom. The maximum absolute atomic E-state index is 13.3. The van der Waals surface area contributed by atoms with E-state index in [9.17, 15) is 9.59 Å². The van der Waals surface area contributed by atoms with Crippen LogP contribution in [0, 0.1) is 0 Å². The number of hydrogen-bond donors (Lipinski definition) is 2. The molecule has 2 aliphatic heterocycles. The highest BCUT2D eigenvalue weighted by molar-refractivity contribution is 6.01. The molecule has 2 N–H and O–H groups in total. The van der Waals surface area contributed by atoms with Crippen LogP contribution in [0.5, 0.6) is 11.5 Å². The lowest BCUT2D eigenvalue weighted by Gasteiger charge is -2.31. The van der Waals surface area contributed by atoms with E-state index in [2.05, 4.69) is 19.2 Å². The largest absolute Gasteiger partial charge is 0.497 e. The van der Waals surface area contributed by atoms with Gasteiger partial charge in [-0.15, -0.1) is 0 Å². The van der Waals surface area contributed by atoms with Gasteiger partial charge in [-0.2, -0.15) is 0 Å². The average Bonchev–Trinajstić information content (AvgIpc) is 3.07. The Hall–Kier alpha value is -2.74. The van der Waals surface area contributed by atoms with Crippen molar-refractivity contribution in [3.05, 3.63) is 35.0 Å². The molecule has 3 rings (SSSR count). The predicted molar refractivity (Wildman–Crippen MR) is 109 cm³/mol. The number of methoxy groups -OCH3 is 2. The number of ether oxygens (including phenoxy) is 2. The van der Waals surface area contributed by atoms with Crippen molar-refractivity contribution < 1.29 is 24.0 Å². The fourth-order valence-corrected chi connectivity index (χ4v) is 3.95. The number of carbonyl (C=O) groups is 2. The molecular formula is C21H31N4O4+. The Kier molecular flexibility index (Phi) is 6.32. The molecule has 29 heavy (non-hydrogen) atoms. The molecule has 2 heterocycles. The number of rotatable bonds is 8. The minimum absolute atomic E-state index is 0.0230. The van der Waals surface area contributed by atoms with Crippen molar-refractivity contribution in [3.63, 3.8) is 0 Å². The van der Waals surface area contributed by atoms with Crippen LogP contribution < -0.4 is 19.7 Å². The molecule has 0 saturated carbocycles. The fourth-order valence-electron chi connectivity index (χ4n) is 3.95. The highest BCUT2D eigenvalue weighted by Crippen LogP contribution is 2.37. The molecule has 0 unspecified atom stereocenters. The van der Waals surface area contributed by atoms with E-state index in [1.807, 2.05) is 17.0 Å². The average molecular weight is 404 g/mol. The summed E-state index contributed by atoms with van der Waals surface area (Å²) in [6.07, 6.45) is 0. The highest BCUT2D eigenvalue weighted by Gasteiger charge is 2.43. The van der Waals surface area contributed by atoms with E-state index in [1.165, 1.54) is 4.90 Å². The molecule has 2 aliphatic rings. The van der Waals surface area contributed by atoms with Gasteiger partial charge in [0.05, 0.1) is 64.3 Å². The Morgan fingerprint density at radius 3 is 2.28 bits per heavy atom. The van der Waals surface area contributed by atoms with Gasteiger partial charge in [-0.3, -0.25) is 9.69 Å². The lowest BCUT2D eigenvalue weighted by molar-refractivity contribution is -0.895. The van der Waals surface area contributed by atoms with E-state index in [1.54, 1.807) is 32.2 Å². The zero-order chi connectivity index (χ0) is 21.1. The van der Waals surface area contributed by atoms with E-state index in [0.717, 1.165) is 30.9 Å². The molecule has 0 spiro atoms. The molecule has 0 aliphatic carbocycles. The number of nitrogens with one attached hydrogen (secondary N) is 2. The zero-order valence-corrected chi connectivity index (χ0v) is 17.9. The van der Waals surface area contributed by atoms with Crippen LogP contribution in [-0.4, -0.2) is 75.7 Å². The maximum Gasteiger partial charge on any atom is 0.322 e. The Morgan fingerprint density at radius 1 is 1.10 bits per heavy atom. The van der Waals surface area contributed by atoms with E-state index < -0.39 is 6.04 Å². The summed E-state index contributed by atoms with van der Waals surface area (Å²) in [7, 11) is 4.86. The molecule has 1 atom stereocenters. The van der Waals surface area contributed by atoms with Gasteiger partial charge in [-0.1, -0.05) is 0 Å². The maximum atomic E-state index is 13.3. The van der Waals surface area contributed by atoms with Gasteiger partial charge in [-0.25, -0.2) is 4.79 Å². The quantitative estimate of drug-likeness (QED) is 0.660. The van der Waals surface area contributed by atoms with Crippen LogP contribution in [0.4, 0.5) is 4.79 Å². The minimum atomic E-state index is -0.531. The van der Waals surface area contributed by atoms with Gasteiger partial charge < -0.3 is 24.6 Å². The van der Waals surface area contributed by atoms with Gasteiger partial charge in [0.15, 0.2) is 0 Å². The highest BCUT2D eigenvalue weighted by atomic mass is 16.5. The van der Waals surface area contributed by atoms with Crippen LogP contribution in [0.3, 0.4) is 0 Å². The smallest absolute Gasteiger partial charge is 0.322 e. The first-order valence-corrected chi connectivity index (χ1v) is 10.1. The van der Waals surface area contributed by atoms with Crippen molar-refractivity contribution in [1.82, 2.24) is 15.1 Å². The van der Waals surface area contributed by atoms with Crippen molar-refractivity contribution >= 4 is 11.9 Å². The normalized spacial score (nSPS) is 19.0. The molecule has 0 fully saturated rings. The number of likely N-dealkylation sites (N-methyl/N-ethyl adjacent to an activating group) is 2. The molecule has 1 aromatic rings. The second kappa shape index (κ2) is 8.73. The van der Waals surface area contributed by atoms with Crippen molar-refractivity contribution in [2.45, 2.75) is 19.9 Å². The third-order valence-electron chi connectivity index (χ3n) is 5.88. The number of nitrogens with zero attached hydrogens (tertiary/aromatic N) is 2. The summed E-state index contributed by atoms with van der Waals surface area (Å²) in [5.41, 5.74) is 2.15. The molecular weight excluding hydrogens is 372 g/mol. The van der Waals surface area contributed by atoms with Gasteiger partial charge in [0, 0.05) is 13.1 Å². The zero-order valence-electron chi connectivity index (χ0n) is 17.9. The number of carbonyl (C=O) groups excluding carboxylic acids is 2. The third kappa shape index (κ3) is 4.03. The topological polar surface area (TPSA) is 75.5 Å². The monoisotopic (exact) mass is 403 g/mol. The van der Waals surface area contributed by atoms with Crippen LogP contribution in [-0.2, 0) is 4.79 Å². The number of benzene rings is 1. The van der Waals surface area contributed by atoms with Crippen LogP contribution in [0.2, 0.25) is 0 Å². The number of urea groups is 1. The molecule has 8 nitrogen and oxygen atoms in total. The summed E-state index contributed by atoms with van der Waals surface area (Å²) >= 11 is 0. The second-order valence-corrected chi connectivity index (χ2v) is 7.38. The Bertz CT molecular complexity index is 797. The molecule has 0 bridgehead atoms. The SMILES string of the molecule is CC[NH+](CC)CCN1CC2=C(C1=O)[C@H](c1cc(OC)cc(OC)c1)NC(=O)N2C. The molecule has 8 heteroatoms. The molecule has 0 radical (unpaired) electrons.